The Morgan fingerprint density at radius 1 is 1.25 bits per heavy atom. The Balaban J connectivity index is 1.88. The van der Waals surface area contributed by atoms with Crippen LogP contribution in [0.4, 0.5) is 10.5 Å². The highest BCUT2D eigenvalue weighted by atomic mass is 16.5. The maximum absolute atomic E-state index is 13.0. The number of nitrogens with one attached hydrogen (secondary N) is 3. The number of hydrogen-bond acceptors (Lipinski definition) is 4. The fraction of sp³-hybridized carbons (Fsp3) is 0.238. The minimum absolute atomic E-state index is 0.0762. The zero-order chi connectivity index (χ0) is 20.3. The molecule has 0 bridgehead atoms. The third kappa shape index (κ3) is 3.93. The van der Waals surface area contributed by atoms with E-state index in [0.29, 0.717) is 17.0 Å². The molecule has 0 unspecified atom stereocenters. The normalized spacial score (nSPS) is 18.8. The van der Waals surface area contributed by atoms with Gasteiger partial charge in [0.05, 0.1) is 13.2 Å². The zero-order valence-electron chi connectivity index (χ0n) is 15.8. The van der Waals surface area contributed by atoms with Crippen molar-refractivity contribution in [1.29, 1.82) is 0 Å². The quantitative estimate of drug-likeness (QED) is 0.639. The zero-order valence-corrected chi connectivity index (χ0v) is 15.8. The molecule has 1 aliphatic heterocycles. The number of phenols is 1. The van der Waals surface area contributed by atoms with Gasteiger partial charge in [0, 0.05) is 11.4 Å². The van der Waals surface area contributed by atoms with E-state index in [4.69, 9.17) is 4.74 Å². The molecule has 0 saturated carbocycles. The van der Waals surface area contributed by atoms with E-state index in [0.717, 1.165) is 6.42 Å². The van der Waals surface area contributed by atoms with Crippen molar-refractivity contribution in [2.75, 3.05) is 12.4 Å². The number of carbonyl (C=O) groups is 2. The van der Waals surface area contributed by atoms with Gasteiger partial charge in [-0.1, -0.05) is 31.7 Å². The molecule has 3 rings (SSSR count). The molecule has 2 aromatic rings. The van der Waals surface area contributed by atoms with Crippen molar-refractivity contribution in [3.8, 4) is 11.5 Å². The largest absolute Gasteiger partial charge is 0.504 e. The Morgan fingerprint density at radius 3 is 2.57 bits per heavy atom. The van der Waals surface area contributed by atoms with Crippen molar-refractivity contribution in [2.24, 2.45) is 5.92 Å². The van der Waals surface area contributed by atoms with E-state index in [1.165, 1.54) is 18.7 Å². The van der Waals surface area contributed by atoms with E-state index in [9.17, 15) is 14.7 Å². The number of amides is 3. The molecule has 0 radical (unpaired) electrons. The summed E-state index contributed by atoms with van der Waals surface area (Å²) in [6.45, 7) is 5.91. The molecule has 2 aromatic carbocycles. The summed E-state index contributed by atoms with van der Waals surface area (Å²) < 4.78 is 5.06. The predicted octanol–water partition coefficient (Wildman–Crippen LogP) is 3.09. The molecule has 146 valence electrons. The number of hydrogen-bond donors (Lipinski definition) is 4. The Morgan fingerprint density at radius 2 is 1.96 bits per heavy atom. The maximum Gasteiger partial charge on any atom is 0.319 e. The minimum Gasteiger partial charge on any atom is -0.504 e. The van der Waals surface area contributed by atoms with Gasteiger partial charge in [-0.3, -0.25) is 4.79 Å². The van der Waals surface area contributed by atoms with E-state index < -0.39 is 18.0 Å². The number of carbonyl (C=O) groups excluding carboxylic acids is 2. The van der Waals surface area contributed by atoms with Crippen LogP contribution in [0, 0.1) is 5.92 Å². The van der Waals surface area contributed by atoms with E-state index in [1.54, 1.807) is 12.1 Å². The highest BCUT2D eigenvalue weighted by Gasteiger charge is 2.38. The fourth-order valence-electron chi connectivity index (χ4n) is 3.22. The summed E-state index contributed by atoms with van der Waals surface area (Å²) in [7, 11) is 1.45. The van der Waals surface area contributed by atoms with E-state index in [-0.39, 0.29) is 17.4 Å². The smallest absolute Gasteiger partial charge is 0.319 e. The summed E-state index contributed by atoms with van der Waals surface area (Å²) in [4.78, 5) is 24.9. The molecule has 3 amide bonds. The molecule has 0 aromatic heterocycles. The molecule has 28 heavy (non-hydrogen) atoms. The first-order valence-electron chi connectivity index (χ1n) is 8.96. The van der Waals surface area contributed by atoms with Crippen LogP contribution in [0.2, 0.25) is 0 Å². The van der Waals surface area contributed by atoms with Gasteiger partial charge in [0.15, 0.2) is 11.5 Å². The van der Waals surface area contributed by atoms with Gasteiger partial charge >= 0.3 is 6.03 Å². The van der Waals surface area contributed by atoms with Crippen LogP contribution in [0.5, 0.6) is 11.5 Å². The standard InChI is InChI=1S/C21H23N3O4/c1-4-13-5-8-15(9-6-13)23-20(26)18-12(2)22-21(27)24-19(18)14-7-10-17(28-3)16(25)11-14/h5-11,18-19,25H,2,4H2,1,3H3,(H,23,26)(H2,22,24,27)/t18-,19-/m1/s1. The van der Waals surface area contributed by atoms with Gasteiger partial charge in [0.25, 0.3) is 0 Å². The van der Waals surface area contributed by atoms with Crippen molar-refractivity contribution in [1.82, 2.24) is 10.6 Å². The topological polar surface area (TPSA) is 99.7 Å². The highest BCUT2D eigenvalue weighted by molar-refractivity contribution is 5.97. The molecule has 1 aliphatic rings. The minimum atomic E-state index is -0.767. The first kappa shape index (κ1) is 19.3. The van der Waals surface area contributed by atoms with Gasteiger partial charge in [-0.15, -0.1) is 0 Å². The van der Waals surface area contributed by atoms with Crippen LogP contribution in [0.15, 0.2) is 54.7 Å². The second-order valence-corrected chi connectivity index (χ2v) is 6.55. The highest BCUT2D eigenvalue weighted by Crippen LogP contribution is 2.35. The van der Waals surface area contributed by atoms with Crippen molar-refractivity contribution in [3.63, 3.8) is 0 Å². The number of urea groups is 1. The number of anilines is 1. The summed E-state index contributed by atoms with van der Waals surface area (Å²) in [5.74, 6) is -0.856. The number of phenolic OH excluding ortho intramolecular Hbond substituents is 1. The van der Waals surface area contributed by atoms with Gasteiger partial charge in [-0.05, 0) is 41.8 Å². The molecule has 1 heterocycles. The van der Waals surface area contributed by atoms with Crippen LogP contribution in [-0.2, 0) is 11.2 Å². The number of benzene rings is 2. The van der Waals surface area contributed by atoms with E-state index >= 15 is 0 Å². The third-order valence-corrected chi connectivity index (χ3v) is 4.74. The van der Waals surface area contributed by atoms with Crippen molar-refractivity contribution >= 4 is 17.6 Å². The van der Waals surface area contributed by atoms with E-state index in [1.807, 2.05) is 24.3 Å². The first-order chi connectivity index (χ1) is 13.4. The Labute approximate surface area is 163 Å². The van der Waals surface area contributed by atoms with Crippen molar-refractivity contribution in [2.45, 2.75) is 19.4 Å². The molecule has 1 fully saturated rings. The number of methoxy groups -OCH3 is 1. The lowest BCUT2D eigenvalue weighted by atomic mass is 9.88. The van der Waals surface area contributed by atoms with Crippen LogP contribution in [0.1, 0.15) is 24.1 Å². The summed E-state index contributed by atoms with van der Waals surface area (Å²) in [5, 5.41) is 18.3. The third-order valence-electron chi connectivity index (χ3n) is 4.74. The van der Waals surface area contributed by atoms with Crippen molar-refractivity contribution in [3.05, 3.63) is 65.9 Å². The van der Waals surface area contributed by atoms with Crippen LogP contribution in [-0.4, -0.2) is 24.2 Å². The fourth-order valence-corrected chi connectivity index (χ4v) is 3.22. The van der Waals surface area contributed by atoms with Gasteiger partial charge in [0.2, 0.25) is 5.91 Å². The van der Waals surface area contributed by atoms with Crippen LogP contribution in [0.25, 0.3) is 0 Å². The van der Waals surface area contributed by atoms with Crippen LogP contribution in [0.3, 0.4) is 0 Å². The second kappa shape index (κ2) is 8.04. The molecule has 7 nitrogen and oxygen atoms in total. The molecule has 1 saturated heterocycles. The number of rotatable bonds is 5. The Bertz CT molecular complexity index is 908. The second-order valence-electron chi connectivity index (χ2n) is 6.55. The molecule has 2 atom stereocenters. The van der Waals surface area contributed by atoms with Gasteiger partial charge in [-0.25, -0.2) is 4.79 Å². The number of aromatic hydroxyl groups is 1. The van der Waals surface area contributed by atoms with Crippen molar-refractivity contribution < 1.29 is 19.4 Å². The summed E-state index contributed by atoms with van der Waals surface area (Å²) in [5.41, 5.74) is 2.67. The van der Waals surface area contributed by atoms with Crippen LogP contribution >= 0.6 is 0 Å². The van der Waals surface area contributed by atoms with Gasteiger partial charge in [-0.2, -0.15) is 0 Å². The molecule has 0 spiro atoms. The molecule has 7 heteroatoms. The van der Waals surface area contributed by atoms with Gasteiger partial charge in [0.1, 0.15) is 5.92 Å². The number of ether oxygens (including phenoxy) is 1. The average Bonchev–Trinajstić information content (AvgIpc) is 2.67. The van der Waals surface area contributed by atoms with Gasteiger partial charge < -0.3 is 25.8 Å². The average molecular weight is 381 g/mol. The lowest BCUT2D eigenvalue weighted by Crippen LogP contribution is -2.51. The maximum atomic E-state index is 13.0. The molecular weight excluding hydrogens is 358 g/mol. The molecule has 0 aliphatic carbocycles. The Kier molecular flexibility index (Phi) is 5.54. The summed E-state index contributed by atoms with van der Waals surface area (Å²) in [6.07, 6.45) is 0.909. The summed E-state index contributed by atoms with van der Waals surface area (Å²) in [6, 6.07) is 11.2. The lowest BCUT2D eigenvalue weighted by molar-refractivity contribution is -0.119. The van der Waals surface area contributed by atoms with E-state index in [2.05, 4.69) is 29.5 Å². The first-order valence-corrected chi connectivity index (χ1v) is 8.96. The predicted molar refractivity (Wildman–Crippen MR) is 106 cm³/mol. The monoisotopic (exact) mass is 381 g/mol. The molecular formula is C21H23N3O4. The Hall–Kier alpha value is -3.48. The lowest BCUT2D eigenvalue weighted by Gasteiger charge is -2.34. The molecule has 4 N–H and O–H groups in total. The SMILES string of the molecule is C=C1NC(=O)N[C@H](c2ccc(OC)c(O)c2)[C@@H]1C(=O)Nc1ccc(CC)cc1. The summed E-state index contributed by atoms with van der Waals surface area (Å²) >= 11 is 0. The van der Waals surface area contributed by atoms with Crippen LogP contribution < -0.4 is 20.7 Å². The number of aryl methyl sites for hydroxylation is 1.